The Labute approximate surface area is 125 Å². The number of carbonyl (C=O) groups excluding carboxylic acids is 1. The molecule has 1 aliphatic rings. The molecule has 0 aromatic carbocycles. The van der Waals surface area contributed by atoms with E-state index in [-0.39, 0.29) is 11.9 Å². The van der Waals surface area contributed by atoms with E-state index in [1.54, 1.807) is 18.5 Å². The minimum Gasteiger partial charge on any atom is -0.454 e. The van der Waals surface area contributed by atoms with Crippen molar-refractivity contribution in [1.29, 1.82) is 0 Å². The number of aryl methyl sites for hydroxylation is 1. The Morgan fingerprint density at radius 1 is 1.55 bits per heavy atom. The number of carbonyl (C=O) groups is 1. The predicted molar refractivity (Wildman–Crippen MR) is 77.4 cm³/mol. The molecule has 3 rings (SSSR count). The zero-order valence-corrected chi connectivity index (χ0v) is 12.8. The van der Waals surface area contributed by atoms with Gasteiger partial charge in [0.25, 0.3) is 5.91 Å². The highest BCUT2D eigenvalue weighted by molar-refractivity contribution is 9.10. The minimum absolute atomic E-state index is 0.0121. The molecule has 6 heteroatoms. The second-order valence-corrected chi connectivity index (χ2v) is 5.79. The molecule has 20 heavy (non-hydrogen) atoms. The van der Waals surface area contributed by atoms with Crippen molar-refractivity contribution in [3.63, 3.8) is 0 Å². The van der Waals surface area contributed by atoms with Crippen LogP contribution in [0.2, 0.25) is 0 Å². The van der Waals surface area contributed by atoms with E-state index in [0.717, 1.165) is 31.6 Å². The van der Waals surface area contributed by atoms with Crippen molar-refractivity contribution in [2.24, 2.45) is 0 Å². The standard InChI is InChI=1S/C14H16BrN3O2/c1-9-10(8-12(15)20-9)14(19)18-7-3-2-4-11(18)13-16-5-6-17-13/h5-6,8,11H,2-4,7H2,1H3,(H,16,17). The van der Waals surface area contributed by atoms with Crippen LogP contribution < -0.4 is 0 Å². The molecule has 1 atom stereocenters. The van der Waals surface area contributed by atoms with Gasteiger partial charge in [0.2, 0.25) is 0 Å². The first-order chi connectivity index (χ1) is 9.66. The number of furan rings is 1. The molecule has 3 heterocycles. The first kappa shape index (κ1) is 13.4. The van der Waals surface area contributed by atoms with E-state index in [1.807, 2.05) is 11.8 Å². The second kappa shape index (κ2) is 5.44. The summed E-state index contributed by atoms with van der Waals surface area (Å²) in [5, 5.41) is 0. The molecule has 5 nitrogen and oxygen atoms in total. The molecule has 0 saturated carbocycles. The molecule has 0 spiro atoms. The third-order valence-corrected chi connectivity index (χ3v) is 4.11. The van der Waals surface area contributed by atoms with Crippen molar-refractivity contribution in [3.8, 4) is 0 Å². The molecule has 1 fully saturated rings. The molecule has 1 aliphatic heterocycles. The smallest absolute Gasteiger partial charge is 0.258 e. The van der Waals surface area contributed by atoms with E-state index in [1.165, 1.54) is 0 Å². The average molecular weight is 338 g/mol. The quantitative estimate of drug-likeness (QED) is 0.912. The minimum atomic E-state index is 0.0121. The molecule has 0 aliphatic carbocycles. The fraction of sp³-hybridized carbons (Fsp3) is 0.429. The van der Waals surface area contributed by atoms with Crippen molar-refractivity contribution >= 4 is 21.8 Å². The number of nitrogens with zero attached hydrogens (tertiary/aromatic N) is 2. The van der Waals surface area contributed by atoms with Crippen molar-refractivity contribution in [3.05, 3.63) is 40.3 Å². The van der Waals surface area contributed by atoms with E-state index < -0.39 is 0 Å². The molecule has 0 bridgehead atoms. The van der Waals surface area contributed by atoms with Crippen LogP contribution in [0.4, 0.5) is 0 Å². The number of piperidine rings is 1. The summed E-state index contributed by atoms with van der Waals surface area (Å²) in [6.07, 6.45) is 6.61. The van der Waals surface area contributed by atoms with Crippen LogP contribution in [0.25, 0.3) is 0 Å². The summed E-state index contributed by atoms with van der Waals surface area (Å²) in [7, 11) is 0. The van der Waals surface area contributed by atoms with Gasteiger partial charge in [-0.2, -0.15) is 0 Å². The van der Waals surface area contributed by atoms with Gasteiger partial charge in [0.15, 0.2) is 4.67 Å². The number of hydrogen-bond acceptors (Lipinski definition) is 3. The van der Waals surface area contributed by atoms with Crippen LogP contribution in [-0.2, 0) is 0 Å². The summed E-state index contributed by atoms with van der Waals surface area (Å²) in [6, 6.07) is 1.77. The van der Waals surface area contributed by atoms with E-state index in [0.29, 0.717) is 16.0 Å². The number of halogens is 1. The molecule has 1 N–H and O–H groups in total. The third-order valence-electron chi connectivity index (χ3n) is 3.72. The Balaban J connectivity index is 1.90. The summed E-state index contributed by atoms with van der Waals surface area (Å²) in [5.74, 6) is 1.52. The van der Waals surface area contributed by atoms with Gasteiger partial charge in [0.05, 0.1) is 11.6 Å². The average Bonchev–Trinajstić information content (AvgIpc) is 3.07. The lowest BCUT2D eigenvalue weighted by atomic mass is 10.0. The van der Waals surface area contributed by atoms with Crippen molar-refractivity contribution in [2.45, 2.75) is 32.2 Å². The topological polar surface area (TPSA) is 62.1 Å². The Morgan fingerprint density at radius 2 is 2.40 bits per heavy atom. The highest BCUT2D eigenvalue weighted by Gasteiger charge is 2.31. The van der Waals surface area contributed by atoms with Crippen LogP contribution in [0.3, 0.4) is 0 Å². The van der Waals surface area contributed by atoms with Crippen molar-refractivity contribution in [1.82, 2.24) is 14.9 Å². The molecule has 2 aromatic heterocycles. The normalized spacial score (nSPS) is 19.3. The molecule has 1 amide bonds. The van der Waals surface area contributed by atoms with Gasteiger partial charge in [0, 0.05) is 25.0 Å². The highest BCUT2D eigenvalue weighted by atomic mass is 79.9. The van der Waals surface area contributed by atoms with Gasteiger partial charge in [-0.1, -0.05) is 0 Å². The van der Waals surface area contributed by atoms with Crippen LogP contribution in [0.5, 0.6) is 0 Å². The first-order valence-corrected chi connectivity index (χ1v) is 7.52. The van der Waals surface area contributed by atoms with Crippen LogP contribution >= 0.6 is 15.9 Å². The number of amides is 1. The molecule has 0 radical (unpaired) electrons. The maximum atomic E-state index is 12.7. The van der Waals surface area contributed by atoms with Gasteiger partial charge >= 0.3 is 0 Å². The van der Waals surface area contributed by atoms with Gasteiger partial charge in [-0.25, -0.2) is 4.98 Å². The number of hydrogen-bond donors (Lipinski definition) is 1. The largest absolute Gasteiger partial charge is 0.454 e. The Bertz CT molecular complexity index is 606. The molecular formula is C14H16BrN3O2. The molecule has 2 aromatic rings. The number of H-pyrrole nitrogens is 1. The first-order valence-electron chi connectivity index (χ1n) is 6.73. The van der Waals surface area contributed by atoms with Gasteiger partial charge in [-0.05, 0) is 42.1 Å². The lowest BCUT2D eigenvalue weighted by molar-refractivity contribution is 0.0599. The fourth-order valence-electron chi connectivity index (χ4n) is 2.73. The van der Waals surface area contributed by atoms with E-state index in [4.69, 9.17) is 4.42 Å². The summed E-state index contributed by atoms with van der Waals surface area (Å²) in [5.41, 5.74) is 0.621. The van der Waals surface area contributed by atoms with Crippen LogP contribution in [-0.4, -0.2) is 27.3 Å². The van der Waals surface area contributed by atoms with Crippen LogP contribution in [0.15, 0.2) is 27.5 Å². The number of rotatable bonds is 2. The number of nitrogens with one attached hydrogen (secondary N) is 1. The van der Waals surface area contributed by atoms with E-state index in [2.05, 4.69) is 25.9 Å². The summed E-state index contributed by atoms with van der Waals surface area (Å²) < 4.78 is 5.99. The van der Waals surface area contributed by atoms with E-state index >= 15 is 0 Å². The summed E-state index contributed by atoms with van der Waals surface area (Å²) in [4.78, 5) is 22.1. The number of imidazole rings is 1. The number of likely N-dealkylation sites (tertiary alicyclic amines) is 1. The predicted octanol–water partition coefficient (Wildman–Crippen LogP) is 3.44. The third kappa shape index (κ3) is 2.40. The maximum Gasteiger partial charge on any atom is 0.258 e. The molecule has 1 saturated heterocycles. The SMILES string of the molecule is Cc1oc(Br)cc1C(=O)N1CCCCC1c1ncc[nH]1. The lowest BCUT2D eigenvalue weighted by Crippen LogP contribution is -2.39. The molecule has 1 unspecified atom stereocenters. The van der Waals surface area contributed by atoms with Crippen LogP contribution in [0.1, 0.15) is 47.2 Å². The number of aromatic nitrogens is 2. The van der Waals surface area contributed by atoms with Gasteiger partial charge in [-0.15, -0.1) is 0 Å². The van der Waals surface area contributed by atoms with Crippen molar-refractivity contribution < 1.29 is 9.21 Å². The molecular weight excluding hydrogens is 322 g/mol. The summed E-state index contributed by atoms with van der Waals surface area (Å²) in [6.45, 7) is 2.57. The van der Waals surface area contributed by atoms with Gasteiger partial charge < -0.3 is 14.3 Å². The summed E-state index contributed by atoms with van der Waals surface area (Å²) >= 11 is 3.27. The Kier molecular flexibility index (Phi) is 3.65. The number of aromatic amines is 1. The highest BCUT2D eigenvalue weighted by Crippen LogP contribution is 2.31. The zero-order chi connectivity index (χ0) is 14.1. The Hall–Kier alpha value is -1.56. The maximum absolute atomic E-state index is 12.7. The van der Waals surface area contributed by atoms with E-state index in [9.17, 15) is 4.79 Å². The van der Waals surface area contributed by atoms with Gasteiger partial charge in [0.1, 0.15) is 11.6 Å². The monoisotopic (exact) mass is 337 g/mol. The molecule has 106 valence electrons. The lowest BCUT2D eigenvalue weighted by Gasteiger charge is -2.34. The fourth-order valence-corrected chi connectivity index (χ4v) is 3.20. The second-order valence-electron chi connectivity index (χ2n) is 5.00. The van der Waals surface area contributed by atoms with Crippen molar-refractivity contribution in [2.75, 3.05) is 6.54 Å². The van der Waals surface area contributed by atoms with Crippen LogP contribution in [0, 0.1) is 6.92 Å². The Morgan fingerprint density at radius 3 is 3.05 bits per heavy atom. The van der Waals surface area contributed by atoms with Gasteiger partial charge in [-0.3, -0.25) is 4.79 Å². The zero-order valence-electron chi connectivity index (χ0n) is 11.2.